The van der Waals surface area contributed by atoms with E-state index < -0.39 is 0 Å². The Balaban J connectivity index is 2.05. The summed E-state index contributed by atoms with van der Waals surface area (Å²) in [5, 5.41) is 13.1. The van der Waals surface area contributed by atoms with Gasteiger partial charge < -0.3 is 4.90 Å². The Kier molecular flexibility index (Phi) is 3.58. The van der Waals surface area contributed by atoms with E-state index in [0.29, 0.717) is 5.69 Å². The van der Waals surface area contributed by atoms with Crippen LogP contribution in [0.3, 0.4) is 0 Å². The number of pyridine rings is 1. The molecule has 2 aromatic heterocycles. The standard InChI is InChI=1S/C13H15N5/c1-11-4-5-13(16-12(11)10-14)17(2)8-9-18-7-3-6-15-18/h3-7H,8-9H2,1-2H3. The summed E-state index contributed by atoms with van der Waals surface area (Å²) >= 11 is 0. The summed E-state index contributed by atoms with van der Waals surface area (Å²) < 4.78 is 1.87. The van der Waals surface area contributed by atoms with Gasteiger partial charge in [0.15, 0.2) is 0 Å². The predicted octanol–water partition coefficient (Wildman–Crippen LogP) is 1.59. The van der Waals surface area contributed by atoms with Crippen LogP contribution < -0.4 is 4.90 Å². The quantitative estimate of drug-likeness (QED) is 0.815. The van der Waals surface area contributed by atoms with Gasteiger partial charge >= 0.3 is 0 Å². The first-order valence-corrected chi connectivity index (χ1v) is 5.77. The van der Waals surface area contributed by atoms with Gasteiger partial charge in [0.1, 0.15) is 17.6 Å². The van der Waals surface area contributed by atoms with Crippen molar-refractivity contribution in [2.24, 2.45) is 0 Å². The van der Waals surface area contributed by atoms with Crippen molar-refractivity contribution in [3.05, 3.63) is 41.9 Å². The van der Waals surface area contributed by atoms with Gasteiger partial charge in [0.2, 0.25) is 0 Å². The van der Waals surface area contributed by atoms with Crippen LogP contribution in [0, 0.1) is 18.3 Å². The second-order valence-electron chi connectivity index (χ2n) is 4.14. The number of hydrogen-bond acceptors (Lipinski definition) is 4. The highest BCUT2D eigenvalue weighted by molar-refractivity contribution is 5.44. The fraction of sp³-hybridized carbons (Fsp3) is 0.308. The summed E-state index contributed by atoms with van der Waals surface area (Å²) in [6.07, 6.45) is 3.69. The van der Waals surface area contributed by atoms with Crippen molar-refractivity contribution in [3.63, 3.8) is 0 Å². The molecule has 92 valence electrons. The summed E-state index contributed by atoms with van der Waals surface area (Å²) in [6, 6.07) is 7.86. The van der Waals surface area contributed by atoms with Crippen molar-refractivity contribution in [2.75, 3.05) is 18.5 Å². The van der Waals surface area contributed by atoms with Crippen LogP contribution in [-0.4, -0.2) is 28.4 Å². The smallest absolute Gasteiger partial charge is 0.145 e. The first kappa shape index (κ1) is 12.1. The SMILES string of the molecule is Cc1ccc(N(C)CCn2cccn2)nc1C#N. The Morgan fingerprint density at radius 3 is 2.94 bits per heavy atom. The lowest BCUT2D eigenvalue weighted by Crippen LogP contribution is -2.24. The normalized spacial score (nSPS) is 10.1. The first-order chi connectivity index (χ1) is 8.70. The minimum Gasteiger partial charge on any atom is -0.358 e. The second kappa shape index (κ2) is 5.32. The largest absolute Gasteiger partial charge is 0.358 e. The summed E-state index contributed by atoms with van der Waals surface area (Å²) in [5.74, 6) is 0.810. The molecule has 0 amide bonds. The molecule has 5 nitrogen and oxygen atoms in total. The van der Waals surface area contributed by atoms with Crippen molar-refractivity contribution < 1.29 is 0 Å². The third kappa shape index (κ3) is 2.66. The number of rotatable bonds is 4. The summed E-state index contributed by atoms with van der Waals surface area (Å²) in [5.41, 5.74) is 1.39. The second-order valence-corrected chi connectivity index (χ2v) is 4.14. The van der Waals surface area contributed by atoms with E-state index in [-0.39, 0.29) is 0 Å². The third-order valence-electron chi connectivity index (χ3n) is 2.80. The van der Waals surface area contributed by atoms with Gasteiger partial charge in [-0.25, -0.2) is 4.98 Å². The van der Waals surface area contributed by atoms with E-state index in [1.54, 1.807) is 6.20 Å². The lowest BCUT2D eigenvalue weighted by Gasteiger charge is -2.18. The number of aryl methyl sites for hydroxylation is 1. The summed E-state index contributed by atoms with van der Waals surface area (Å²) in [4.78, 5) is 6.34. The average molecular weight is 241 g/mol. The van der Waals surface area contributed by atoms with Crippen molar-refractivity contribution in [3.8, 4) is 6.07 Å². The highest BCUT2D eigenvalue weighted by Gasteiger charge is 2.06. The number of likely N-dealkylation sites (N-methyl/N-ethyl adjacent to an activating group) is 1. The molecule has 5 heteroatoms. The molecule has 0 atom stereocenters. The molecule has 2 aromatic rings. The Labute approximate surface area is 106 Å². The molecule has 0 aliphatic carbocycles. The van der Waals surface area contributed by atoms with E-state index in [9.17, 15) is 0 Å². The van der Waals surface area contributed by atoms with Gasteiger partial charge in [0.05, 0.1) is 6.54 Å². The molecule has 0 aliphatic heterocycles. The minimum atomic E-state index is 0.485. The molecule has 18 heavy (non-hydrogen) atoms. The van der Waals surface area contributed by atoms with Gasteiger partial charge in [-0.15, -0.1) is 0 Å². The van der Waals surface area contributed by atoms with Crippen LogP contribution in [0.4, 0.5) is 5.82 Å². The molecule has 2 heterocycles. The molecule has 0 radical (unpaired) electrons. The number of nitriles is 1. The van der Waals surface area contributed by atoms with Crippen molar-refractivity contribution in [1.82, 2.24) is 14.8 Å². The Hall–Kier alpha value is -2.35. The van der Waals surface area contributed by atoms with Crippen LogP contribution in [0.1, 0.15) is 11.3 Å². The van der Waals surface area contributed by atoms with Crippen molar-refractivity contribution >= 4 is 5.82 Å². The maximum atomic E-state index is 8.96. The molecule has 0 spiro atoms. The van der Waals surface area contributed by atoms with E-state index >= 15 is 0 Å². The Morgan fingerprint density at radius 2 is 2.28 bits per heavy atom. The molecule has 0 bridgehead atoms. The highest BCUT2D eigenvalue weighted by Crippen LogP contribution is 2.12. The molecule has 0 aliphatic rings. The molecular weight excluding hydrogens is 226 g/mol. The molecule has 0 unspecified atom stereocenters. The van der Waals surface area contributed by atoms with Crippen molar-refractivity contribution in [1.29, 1.82) is 5.26 Å². The fourth-order valence-electron chi connectivity index (χ4n) is 1.64. The molecule has 0 saturated carbocycles. The van der Waals surface area contributed by atoms with E-state index in [1.807, 2.05) is 47.9 Å². The Bertz CT molecular complexity index is 553. The van der Waals surface area contributed by atoms with Crippen LogP contribution in [0.2, 0.25) is 0 Å². The maximum absolute atomic E-state index is 8.96. The van der Waals surface area contributed by atoms with Crippen molar-refractivity contribution in [2.45, 2.75) is 13.5 Å². The summed E-state index contributed by atoms with van der Waals surface area (Å²) in [6.45, 7) is 3.47. The number of aromatic nitrogens is 3. The third-order valence-corrected chi connectivity index (χ3v) is 2.80. The maximum Gasteiger partial charge on any atom is 0.145 e. The first-order valence-electron chi connectivity index (χ1n) is 5.77. The monoisotopic (exact) mass is 241 g/mol. The van der Waals surface area contributed by atoms with Gasteiger partial charge in [-0.2, -0.15) is 10.4 Å². The molecular formula is C13H15N5. The zero-order valence-electron chi connectivity index (χ0n) is 10.5. The van der Waals surface area contributed by atoms with Gasteiger partial charge in [-0.1, -0.05) is 6.07 Å². The number of anilines is 1. The van der Waals surface area contributed by atoms with E-state index in [2.05, 4.69) is 16.2 Å². The Morgan fingerprint density at radius 1 is 1.44 bits per heavy atom. The lowest BCUT2D eigenvalue weighted by atomic mass is 10.2. The van der Waals surface area contributed by atoms with Crippen LogP contribution in [0.15, 0.2) is 30.6 Å². The fourth-order valence-corrected chi connectivity index (χ4v) is 1.64. The van der Waals surface area contributed by atoms with E-state index in [1.165, 1.54) is 0 Å². The average Bonchev–Trinajstić information content (AvgIpc) is 2.89. The van der Waals surface area contributed by atoms with E-state index in [0.717, 1.165) is 24.5 Å². The molecule has 2 rings (SSSR count). The van der Waals surface area contributed by atoms with Gasteiger partial charge in [0, 0.05) is 26.0 Å². The van der Waals surface area contributed by atoms with Crippen LogP contribution in [0.25, 0.3) is 0 Å². The van der Waals surface area contributed by atoms with Gasteiger partial charge in [-0.05, 0) is 24.6 Å². The summed E-state index contributed by atoms with van der Waals surface area (Å²) in [7, 11) is 1.96. The van der Waals surface area contributed by atoms with Crippen LogP contribution >= 0.6 is 0 Å². The van der Waals surface area contributed by atoms with E-state index in [4.69, 9.17) is 5.26 Å². The van der Waals surface area contributed by atoms with Gasteiger partial charge in [0.25, 0.3) is 0 Å². The minimum absolute atomic E-state index is 0.485. The lowest BCUT2D eigenvalue weighted by molar-refractivity contribution is 0.609. The molecule has 0 N–H and O–H groups in total. The predicted molar refractivity (Wildman–Crippen MR) is 69.2 cm³/mol. The zero-order chi connectivity index (χ0) is 13.0. The highest BCUT2D eigenvalue weighted by atomic mass is 15.3. The van der Waals surface area contributed by atoms with Crippen LogP contribution in [-0.2, 0) is 6.54 Å². The number of nitrogens with zero attached hydrogens (tertiary/aromatic N) is 5. The zero-order valence-corrected chi connectivity index (χ0v) is 10.5. The number of hydrogen-bond donors (Lipinski definition) is 0. The molecule has 0 saturated heterocycles. The van der Waals surface area contributed by atoms with Gasteiger partial charge in [-0.3, -0.25) is 4.68 Å². The molecule has 0 fully saturated rings. The topological polar surface area (TPSA) is 57.7 Å². The molecule has 0 aromatic carbocycles. The van der Waals surface area contributed by atoms with Crippen LogP contribution in [0.5, 0.6) is 0 Å².